The number of allylic oxidation sites excluding steroid dienone is 1. The monoisotopic (exact) mass is 442 g/mol. The van der Waals surface area contributed by atoms with E-state index in [2.05, 4.69) is 13.0 Å². The van der Waals surface area contributed by atoms with Crippen LogP contribution in [0.5, 0.6) is 5.75 Å². The van der Waals surface area contributed by atoms with Crippen molar-refractivity contribution in [2.24, 2.45) is 11.8 Å². The number of unbranched alkanes of at least 4 members (excludes halogenated alkanes) is 2. The SMILES string of the molecule is CCCCCC1CCC(C2=Cc3cc(F)c(-c4ccc(OC)c(F)c4F)cc3CC2)CC1. The highest BCUT2D eigenvalue weighted by Gasteiger charge is 2.26. The second-order valence-corrected chi connectivity index (χ2v) is 9.41. The van der Waals surface area contributed by atoms with Crippen LogP contribution < -0.4 is 4.74 Å². The normalized spacial score (nSPS) is 20.6. The van der Waals surface area contributed by atoms with Crippen molar-refractivity contribution in [3.63, 3.8) is 0 Å². The van der Waals surface area contributed by atoms with Gasteiger partial charge in [0, 0.05) is 11.1 Å². The van der Waals surface area contributed by atoms with Gasteiger partial charge < -0.3 is 4.74 Å². The Morgan fingerprint density at radius 3 is 2.41 bits per heavy atom. The van der Waals surface area contributed by atoms with Crippen LogP contribution in [0.15, 0.2) is 29.8 Å². The lowest BCUT2D eigenvalue weighted by Gasteiger charge is -2.32. The van der Waals surface area contributed by atoms with Gasteiger partial charge in [-0.25, -0.2) is 8.78 Å². The van der Waals surface area contributed by atoms with Gasteiger partial charge in [0.05, 0.1) is 7.11 Å². The molecule has 1 saturated carbocycles. The van der Waals surface area contributed by atoms with E-state index in [9.17, 15) is 13.2 Å². The Morgan fingerprint density at radius 2 is 1.69 bits per heavy atom. The summed E-state index contributed by atoms with van der Waals surface area (Å²) in [5.41, 5.74) is 3.34. The summed E-state index contributed by atoms with van der Waals surface area (Å²) in [6.07, 6.45) is 14.3. The molecular weight excluding hydrogens is 409 g/mol. The molecule has 2 aromatic rings. The van der Waals surface area contributed by atoms with E-state index < -0.39 is 17.5 Å². The third-order valence-corrected chi connectivity index (χ3v) is 7.40. The smallest absolute Gasteiger partial charge is 0.201 e. The Bertz CT molecular complexity index is 987. The molecule has 1 nitrogen and oxygen atoms in total. The minimum absolute atomic E-state index is 0.0697. The lowest BCUT2D eigenvalue weighted by molar-refractivity contribution is 0.279. The lowest BCUT2D eigenvalue weighted by Crippen LogP contribution is -2.18. The zero-order valence-corrected chi connectivity index (χ0v) is 19.2. The number of hydrogen-bond donors (Lipinski definition) is 0. The highest BCUT2D eigenvalue weighted by atomic mass is 19.2. The van der Waals surface area contributed by atoms with Gasteiger partial charge in [-0.15, -0.1) is 0 Å². The predicted molar refractivity (Wildman–Crippen MR) is 124 cm³/mol. The number of methoxy groups -OCH3 is 1. The van der Waals surface area contributed by atoms with Crippen LogP contribution in [0.2, 0.25) is 0 Å². The van der Waals surface area contributed by atoms with E-state index in [0.717, 1.165) is 29.9 Å². The van der Waals surface area contributed by atoms with Gasteiger partial charge in [-0.3, -0.25) is 0 Å². The Kier molecular flexibility index (Phi) is 7.27. The zero-order valence-electron chi connectivity index (χ0n) is 19.2. The van der Waals surface area contributed by atoms with Crippen LogP contribution in [0.1, 0.15) is 75.8 Å². The van der Waals surface area contributed by atoms with Crippen LogP contribution in [0, 0.1) is 29.3 Å². The molecule has 32 heavy (non-hydrogen) atoms. The molecule has 4 heteroatoms. The van der Waals surface area contributed by atoms with Crippen molar-refractivity contribution in [2.45, 2.75) is 71.1 Å². The zero-order chi connectivity index (χ0) is 22.7. The third-order valence-electron chi connectivity index (χ3n) is 7.40. The maximum atomic E-state index is 15.0. The number of hydrogen-bond acceptors (Lipinski definition) is 1. The Morgan fingerprint density at radius 1 is 0.906 bits per heavy atom. The van der Waals surface area contributed by atoms with Gasteiger partial charge in [0.25, 0.3) is 0 Å². The molecule has 0 bridgehead atoms. The molecule has 0 N–H and O–H groups in total. The van der Waals surface area contributed by atoms with E-state index in [0.29, 0.717) is 5.92 Å². The fraction of sp³-hybridized carbons (Fsp3) is 0.500. The van der Waals surface area contributed by atoms with Gasteiger partial charge in [0.15, 0.2) is 11.6 Å². The van der Waals surface area contributed by atoms with E-state index in [1.54, 1.807) is 6.07 Å². The second kappa shape index (κ2) is 10.1. The van der Waals surface area contributed by atoms with Crippen molar-refractivity contribution in [2.75, 3.05) is 7.11 Å². The van der Waals surface area contributed by atoms with Gasteiger partial charge in [0.1, 0.15) is 5.82 Å². The summed E-state index contributed by atoms with van der Waals surface area (Å²) in [7, 11) is 1.28. The number of ether oxygens (including phenoxy) is 1. The maximum Gasteiger partial charge on any atom is 0.201 e. The molecule has 172 valence electrons. The molecule has 0 aromatic heterocycles. The van der Waals surface area contributed by atoms with Crippen LogP contribution in [0.25, 0.3) is 17.2 Å². The first-order chi connectivity index (χ1) is 15.5. The standard InChI is InChI=1S/C28H33F3O/c1-3-4-5-6-18-7-9-19(10-8-18)20-11-12-21-16-24(25(29)17-22(21)15-20)23-13-14-26(32-2)28(31)27(23)30/h13-19H,3-12H2,1-2H3. The van der Waals surface area contributed by atoms with E-state index >= 15 is 0 Å². The predicted octanol–water partition coefficient (Wildman–Crippen LogP) is 8.50. The maximum absolute atomic E-state index is 15.0. The molecule has 0 spiro atoms. The average molecular weight is 443 g/mol. The highest BCUT2D eigenvalue weighted by Crippen LogP contribution is 2.41. The number of halogens is 3. The van der Waals surface area contributed by atoms with E-state index in [1.807, 2.05) is 0 Å². The van der Waals surface area contributed by atoms with Gasteiger partial charge >= 0.3 is 0 Å². The van der Waals surface area contributed by atoms with Crippen molar-refractivity contribution < 1.29 is 17.9 Å². The van der Waals surface area contributed by atoms with E-state index in [1.165, 1.54) is 82.2 Å². The van der Waals surface area contributed by atoms with Crippen molar-refractivity contribution in [3.8, 4) is 16.9 Å². The van der Waals surface area contributed by atoms with Gasteiger partial charge in [-0.1, -0.05) is 44.3 Å². The second-order valence-electron chi connectivity index (χ2n) is 9.41. The Hall–Kier alpha value is -2.23. The minimum Gasteiger partial charge on any atom is -0.494 e. The average Bonchev–Trinajstić information content (AvgIpc) is 2.81. The molecule has 2 aliphatic carbocycles. The molecule has 2 aliphatic rings. The number of benzene rings is 2. The van der Waals surface area contributed by atoms with Crippen LogP contribution in [-0.4, -0.2) is 7.11 Å². The van der Waals surface area contributed by atoms with Gasteiger partial charge in [0.2, 0.25) is 5.82 Å². The highest BCUT2D eigenvalue weighted by molar-refractivity contribution is 5.71. The van der Waals surface area contributed by atoms with E-state index in [4.69, 9.17) is 4.74 Å². The summed E-state index contributed by atoms with van der Waals surface area (Å²) in [6.45, 7) is 2.25. The lowest BCUT2D eigenvalue weighted by atomic mass is 9.74. The molecule has 0 saturated heterocycles. The van der Waals surface area contributed by atoms with Crippen molar-refractivity contribution in [1.29, 1.82) is 0 Å². The largest absolute Gasteiger partial charge is 0.494 e. The Labute approximate surface area is 189 Å². The van der Waals surface area contributed by atoms with Crippen molar-refractivity contribution in [1.82, 2.24) is 0 Å². The summed E-state index contributed by atoms with van der Waals surface area (Å²) in [5.74, 6) is -1.40. The molecule has 0 unspecified atom stereocenters. The third kappa shape index (κ3) is 4.74. The van der Waals surface area contributed by atoms with Crippen LogP contribution in [0.3, 0.4) is 0 Å². The van der Waals surface area contributed by atoms with Gasteiger partial charge in [-0.2, -0.15) is 4.39 Å². The molecule has 0 heterocycles. The summed E-state index contributed by atoms with van der Waals surface area (Å²) < 4.78 is 48.5. The van der Waals surface area contributed by atoms with E-state index in [-0.39, 0.29) is 16.9 Å². The Balaban J connectivity index is 1.51. The summed E-state index contributed by atoms with van der Waals surface area (Å²) in [6, 6.07) is 5.89. The van der Waals surface area contributed by atoms with Crippen molar-refractivity contribution in [3.05, 3.63) is 58.4 Å². The minimum atomic E-state index is -1.09. The molecule has 0 atom stereocenters. The molecule has 1 fully saturated rings. The van der Waals surface area contributed by atoms with Crippen molar-refractivity contribution >= 4 is 6.08 Å². The first kappa shape index (κ1) is 22.9. The number of fused-ring (bicyclic) bond motifs is 1. The molecule has 4 rings (SSSR count). The fourth-order valence-electron chi connectivity index (χ4n) is 5.47. The molecular formula is C28H33F3O. The fourth-order valence-corrected chi connectivity index (χ4v) is 5.47. The summed E-state index contributed by atoms with van der Waals surface area (Å²) in [5, 5.41) is 0. The first-order valence-electron chi connectivity index (χ1n) is 12.1. The molecule has 2 aromatic carbocycles. The first-order valence-corrected chi connectivity index (χ1v) is 12.1. The van der Waals surface area contributed by atoms with Gasteiger partial charge in [-0.05, 0) is 85.8 Å². The number of aryl methyl sites for hydroxylation is 1. The summed E-state index contributed by atoms with van der Waals surface area (Å²) >= 11 is 0. The van der Waals surface area contributed by atoms with Crippen LogP contribution in [-0.2, 0) is 6.42 Å². The quantitative estimate of drug-likeness (QED) is 0.391. The number of rotatable bonds is 7. The summed E-state index contributed by atoms with van der Waals surface area (Å²) in [4.78, 5) is 0. The van der Waals surface area contributed by atoms with Crippen LogP contribution >= 0.6 is 0 Å². The topological polar surface area (TPSA) is 9.23 Å². The molecule has 0 aliphatic heterocycles. The van der Waals surface area contributed by atoms with Crippen LogP contribution in [0.4, 0.5) is 13.2 Å². The molecule has 0 amide bonds. The molecule has 0 radical (unpaired) electrons.